The van der Waals surface area contributed by atoms with E-state index >= 15 is 0 Å². The minimum Gasteiger partial charge on any atom is -0.490 e. The second-order valence-electron chi connectivity index (χ2n) is 8.76. The Kier molecular flexibility index (Phi) is 9.18. The first-order valence-electron chi connectivity index (χ1n) is 12.4. The van der Waals surface area contributed by atoms with Crippen molar-refractivity contribution in [1.82, 2.24) is 10.2 Å². The van der Waals surface area contributed by atoms with E-state index in [1.807, 2.05) is 31.2 Å². The highest BCUT2D eigenvalue weighted by Gasteiger charge is 2.35. The molecule has 0 aromatic heterocycles. The molecule has 3 aromatic carbocycles. The number of halogens is 1. The molecule has 0 radical (unpaired) electrons. The van der Waals surface area contributed by atoms with Crippen molar-refractivity contribution in [3.8, 4) is 11.5 Å². The van der Waals surface area contributed by atoms with E-state index in [0.717, 1.165) is 10.5 Å². The standard InChI is InChI=1S/C29H27BrN4O6/c1-3-39-24-15-19(13-22(30)27(24)40-17-26(36)31-20-9-5-4-6-10-20)14-23-28(37)34(29(38)33-23)16-25(35)32-21-11-7-8-18(2)12-21/h4-15H,3,16-17H2,1-2H3,(H,31,36)(H,32,35)(H,33,38)/b23-14+. The number of para-hydroxylation sites is 1. The predicted molar refractivity (Wildman–Crippen MR) is 154 cm³/mol. The number of imide groups is 1. The number of nitrogens with zero attached hydrogens (tertiary/aromatic N) is 1. The summed E-state index contributed by atoms with van der Waals surface area (Å²) in [6, 6.07) is 18.8. The van der Waals surface area contributed by atoms with Gasteiger partial charge in [0, 0.05) is 11.4 Å². The molecule has 0 unspecified atom stereocenters. The molecule has 1 aliphatic rings. The van der Waals surface area contributed by atoms with Gasteiger partial charge >= 0.3 is 6.03 Å². The molecule has 206 valence electrons. The molecule has 4 rings (SSSR count). The van der Waals surface area contributed by atoms with E-state index in [2.05, 4.69) is 31.9 Å². The third kappa shape index (κ3) is 7.26. The molecule has 11 heteroatoms. The predicted octanol–water partition coefficient (Wildman–Crippen LogP) is 4.71. The normalized spacial score (nSPS) is 13.7. The van der Waals surface area contributed by atoms with Crippen molar-refractivity contribution < 1.29 is 28.7 Å². The summed E-state index contributed by atoms with van der Waals surface area (Å²) in [6.45, 7) is 3.30. The van der Waals surface area contributed by atoms with Crippen molar-refractivity contribution in [1.29, 1.82) is 0 Å². The summed E-state index contributed by atoms with van der Waals surface area (Å²) >= 11 is 3.44. The lowest BCUT2D eigenvalue weighted by Gasteiger charge is -2.15. The van der Waals surface area contributed by atoms with E-state index in [4.69, 9.17) is 9.47 Å². The number of ether oxygens (including phenoxy) is 2. The fourth-order valence-electron chi connectivity index (χ4n) is 3.88. The highest BCUT2D eigenvalue weighted by molar-refractivity contribution is 9.10. The number of nitrogens with one attached hydrogen (secondary N) is 3. The number of rotatable bonds is 10. The summed E-state index contributed by atoms with van der Waals surface area (Å²) in [7, 11) is 0. The van der Waals surface area contributed by atoms with Crippen LogP contribution in [0.4, 0.5) is 16.2 Å². The Morgan fingerprint density at radius 3 is 2.40 bits per heavy atom. The van der Waals surface area contributed by atoms with Gasteiger partial charge in [-0.15, -0.1) is 0 Å². The Hall–Kier alpha value is -4.64. The zero-order chi connectivity index (χ0) is 28.6. The van der Waals surface area contributed by atoms with E-state index in [9.17, 15) is 19.2 Å². The average Bonchev–Trinajstić information content (AvgIpc) is 3.16. The molecular formula is C29H27BrN4O6. The van der Waals surface area contributed by atoms with E-state index < -0.39 is 24.4 Å². The van der Waals surface area contributed by atoms with Crippen LogP contribution in [0.3, 0.4) is 0 Å². The Morgan fingerprint density at radius 2 is 1.68 bits per heavy atom. The number of carbonyl (C=O) groups excluding carboxylic acids is 4. The number of hydrogen-bond acceptors (Lipinski definition) is 6. The van der Waals surface area contributed by atoms with Crippen LogP contribution in [-0.2, 0) is 14.4 Å². The molecule has 0 atom stereocenters. The Balaban J connectivity index is 1.45. The van der Waals surface area contributed by atoms with Gasteiger partial charge in [0.1, 0.15) is 12.2 Å². The molecule has 0 bridgehead atoms. The van der Waals surface area contributed by atoms with E-state index in [0.29, 0.717) is 39.5 Å². The molecule has 0 saturated carbocycles. The van der Waals surface area contributed by atoms with Gasteiger partial charge < -0.3 is 25.4 Å². The van der Waals surface area contributed by atoms with Gasteiger partial charge in [-0.3, -0.25) is 14.4 Å². The molecule has 1 saturated heterocycles. The Morgan fingerprint density at radius 1 is 0.950 bits per heavy atom. The summed E-state index contributed by atoms with van der Waals surface area (Å²) < 4.78 is 11.9. The SMILES string of the molecule is CCOc1cc(/C=C2/NC(=O)N(CC(=O)Nc3cccc(C)c3)C2=O)cc(Br)c1OCC(=O)Nc1ccccc1. The van der Waals surface area contributed by atoms with E-state index in [-0.39, 0.29) is 18.2 Å². The second-order valence-corrected chi connectivity index (χ2v) is 9.62. The summed E-state index contributed by atoms with van der Waals surface area (Å²) in [4.78, 5) is 51.1. The lowest BCUT2D eigenvalue weighted by molar-refractivity contribution is -0.127. The minimum absolute atomic E-state index is 0.00129. The van der Waals surface area contributed by atoms with Crippen LogP contribution in [0.15, 0.2) is 76.9 Å². The second kappa shape index (κ2) is 12.9. The minimum atomic E-state index is -0.705. The van der Waals surface area contributed by atoms with Crippen LogP contribution in [0, 0.1) is 6.92 Å². The van der Waals surface area contributed by atoms with Crippen LogP contribution in [-0.4, -0.2) is 48.4 Å². The fraction of sp³-hybridized carbons (Fsp3) is 0.172. The van der Waals surface area contributed by atoms with Gasteiger partial charge in [-0.05, 0) is 83.4 Å². The van der Waals surface area contributed by atoms with Crippen LogP contribution in [0.2, 0.25) is 0 Å². The number of aryl methyl sites for hydroxylation is 1. The Labute approximate surface area is 239 Å². The summed E-state index contributed by atoms with van der Waals surface area (Å²) in [5.41, 5.74) is 2.69. The summed E-state index contributed by atoms with van der Waals surface area (Å²) in [5.74, 6) is -0.853. The third-order valence-corrected chi connectivity index (χ3v) is 6.20. The zero-order valence-electron chi connectivity index (χ0n) is 21.8. The highest BCUT2D eigenvalue weighted by atomic mass is 79.9. The fourth-order valence-corrected chi connectivity index (χ4v) is 4.45. The van der Waals surface area contributed by atoms with Crippen molar-refractivity contribution in [2.24, 2.45) is 0 Å². The van der Waals surface area contributed by atoms with E-state index in [1.165, 1.54) is 6.08 Å². The van der Waals surface area contributed by atoms with Gasteiger partial charge in [0.05, 0.1) is 11.1 Å². The molecule has 40 heavy (non-hydrogen) atoms. The topological polar surface area (TPSA) is 126 Å². The number of hydrogen-bond donors (Lipinski definition) is 3. The largest absolute Gasteiger partial charge is 0.490 e. The number of carbonyl (C=O) groups is 4. The molecule has 3 N–H and O–H groups in total. The molecule has 0 aliphatic carbocycles. The van der Waals surface area contributed by atoms with E-state index in [1.54, 1.807) is 49.4 Å². The van der Waals surface area contributed by atoms with Gasteiger partial charge in [-0.2, -0.15) is 0 Å². The molecule has 0 spiro atoms. The first kappa shape index (κ1) is 28.4. The zero-order valence-corrected chi connectivity index (χ0v) is 23.4. The molecule has 3 aromatic rings. The van der Waals surface area contributed by atoms with Crippen LogP contribution in [0.25, 0.3) is 6.08 Å². The van der Waals surface area contributed by atoms with Crippen molar-refractivity contribution in [2.75, 3.05) is 30.4 Å². The number of benzene rings is 3. The maximum absolute atomic E-state index is 12.9. The summed E-state index contributed by atoms with van der Waals surface area (Å²) in [6.07, 6.45) is 1.47. The number of amides is 5. The van der Waals surface area contributed by atoms with Gasteiger partial charge in [-0.1, -0.05) is 30.3 Å². The molecular weight excluding hydrogens is 580 g/mol. The van der Waals surface area contributed by atoms with Crippen molar-refractivity contribution in [3.63, 3.8) is 0 Å². The Bertz CT molecular complexity index is 1470. The lowest BCUT2D eigenvalue weighted by Crippen LogP contribution is -2.38. The molecule has 5 amide bonds. The maximum Gasteiger partial charge on any atom is 0.329 e. The first-order chi connectivity index (χ1) is 19.2. The number of urea groups is 1. The van der Waals surface area contributed by atoms with Crippen LogP contribution in [0.1, 0.15) is 18.1 Å². The average molecular weight is 607 g/mol. The maximum atomic E-state index is 12.9. The first-order valence-corrected chi connectivity index (χ1v) is 13.2. The van der Waals surface area contributed by atoms with Crippen molar-refractivity contribution >= 4 is 57.1 Å². The van der Waals surface area contributed by atoms with Crippen LogP contribution < -0.4 is 25.4 Å². The molecule has 1 heterocycles. The number of anilines is 2. The monoisotopic (exact) mass is 606 g/mol. The quantitative estimate of drug-likeness (QED) is 0.227. The summed E-state index contributed by atoms with van der Waals surface area (Å²) in [5, 5.41) is 7.94. The van der Waals surface area contributed by atoms with Crippen molar-refractivity contribution in [3.05, 3.63) is 88.0 Å². The van der Waals surface area contributed by atoms with Gasteiger partial charge in [0.2, 0.25) is 5.91 Å². The lowest BCUT2D eigenvalue weighted by atomic mass is 10.1. The smallest absolute Gasteiger partial charge is 0.329 e. The van der Waals surface area contributed by atoms with Crippen LogP contribution in [0.5, 0.6) is 11.5 Å². The van der Waals surface area contributed by atoms with Gasteiger partial charge in [-0.25, -0.2) is 9.69 Å². The van der Waals surface area contributed by atoms with Crippen molar-refractivity contribution in [2.45, 2.75) is 13.8 Å². The van der Waals surface area contributed by atoms with Gasteiger partial charge in [0.25, 0.3) is 11.8 Å². The third-order valence-electron chi connectivity index (χ3n) is 5.61. The molecule has 1 aliphatic heterocycles. The van der Waals surface area contributed by atoms with Crippen LogP contribution >= 0.6 is 15.9 Å². The van der Waals surface area contributed by atoms with Gasteiger partial charge in [0.15, 0.2) is 18.1 Å². The highest BCUT2D eigenvalue weighted by Crippen LogP contribution is 2.37. The molecule has 1 fully saturated rings. The molecule has 10 nitrogen and oxygen atoms in total.